The van der Waals surface area contributed by atoms with Crippen LogP contribution in [0.4, 0.5) is 0 Å². The van der Waals surface area contributed by atoms with E-state index in [4.69, 9.17) is 0 Å². The molecule has 2 heteroatoms. The average molecular weight is 304 g/mol. The van der Waals surface area contributed by atoms with Crippen LogP contribution in [-0.2, 0) is 25.9 Å². The predicted molar refractivity (Wildman–Crippen MR) is 67.0 cm³/mol. The Balaban J connectivity index is 0. The van der Waals surface area contributed by atoms with Crippen molar-refractivity contribution in [3.63, 3.8) is 0 Å². The third kappa shape index (κ3) is 11.0. The van der Waals surface area contributed by atoms with Crippen LogP contribution in [0.3, 0.4) is 0 Å². The fourth-order valence-electron chi connectivity index (χ4n) is 1.87. The van der Waals surface area contributed by atoms with Crippen molar-refractivity contribution >= 4 is 0 Å². The Hall–Kier alpha value is 0.133. The minimum Gasteiger partial charge on any atom is -1.00 e. The van der Waals surface area contributed by atoms with Gasteiger partial charge in [0.2, 0.25) is 0 Å². The molecule has 0 aliphatic rings. The molecule has 1 aromatic carbocycles. The van der Waals surface area contributed by atoms with Gasteiger partial charge in [0.15, 0.2) is 0 Å². The van der Waals surface area contributed by atoms with Gasteiger partial charge in [0.05, 0.1) is 0 Å². The second-order valence-electron chi connectivity index (χ2n) is 4.28. The summed E-state index contributed by atoms with van der Waals surface area (Å²) in [6, 6.07) is 11.4. The van der Waals surface area contributed by atoms with Crippen LogP contribution in [0, 0.1) is 6.07 Å². The first kappa shape index (κ1) is 19.5. The Kier molecular flexibility index (Phi) is 16.3. The van der Waals surface area contributed by atoms with Crippen LogP contribution < -0.4 is 12.4 Å². The summed E-state index contributed by atoms with van der Waals surface area (Å²) >= 11 is 0. The molecule has 0 aliphatic heterocycles. The Morgan fingerprint density at radius 1 is 0.882 bits per heavy atom. The molecule has 1 rings (SSSR count). The SMILES string of the molecule is CCCCCCCCCc1cc[c-]cc1.[Cl-].[Zn+2]. The van der Waals surface area contributed by atoms with Crippen LogP contribution in [0.5, 0.6) is 0 Å². The number of unbranched alkanes of at least 4 members (excludes halogenated alkanes) is 6. The van der Waals surface area contributed by atoms with E-state index < -0.39 is 0 Å². The molecule has 1 aromatic rings. The number of hydrogen-bond donors (Lipinski definition) is 0. The van der Waals surface area contributed by atoms with Crippen molar-refractivity contribution in [1.29, 1.82) is 0 Å². The van der Waals surface area contributed by atoms with Crippen LogP contribution >= 0.6 is 0 Å². The van der Waals surface area contributed by atoms with Crippen LogP contribution in [0.1, 0.15) is 57.4 Å². The third-order valence-corrected chi connectivity index (χ3v) is 2.86. The van der Waals surface area contributed by atoms with Crippen molar-refractivity contribution in [1.82, 2.24) is 0 Å². The molecule has 0 amide bonds. The molecule has 0 heterocycles. The van der Waals surface area contributed by atoms with Crippen molar-refractivity contribution in [3.05, 3.63) is 35.9 Å². The zero-order valence-electron chi connectivity index (χ0n) is 11.1. The molecule has 0 atom stereocenters. The first-order chi connectivity index (χ1) is 7.43. The van der Waals surface area contributed by atoms with E-state index in [1.54, 1.807) is 0 Å². The van der Waals surface area contributed by atoms with Crippen molar-refractivity contribution in [3.8, 4) is 0 Å². The normalized spacial score (nSPS) is 9.24. The summed E-state index contributed by atoms with van der Waals surface area (Å²) in [6.07, 6.45) is 11.0. The Bertz CT molecular complexity index is 236. The molecular formula is C15H23ClZn. The zero-order valence-corrected chi connectivity index (χ0v) is 14.8. The van der Waals surface area contributed by atoms with Crippen LogP contribution in [0.15, 0.2) is 24.3 Å². The van der Waals surface area contributed by atoms with Crippen LogP contribution in [-0.4, -0.2) is 0 Å². The predicted octanol–water partition coefficient (Wildman–Crippen LogP) is 1.78. The van der Waals surface area contributed by atoms with E-state index >= 15 is 0 Å². The molecular weight excluding hydrogens is 281 g/mol. The molecule has 0 spiro atoms. The molecule has 0 radical (unpaired) electrons. The van der Waals surface area contributed by atoms with Gasteiger partial charge >= 0.3 is 19.5 Å². The van der Waals surface area contributed by atoms with Gasteiger partial charge in [-0.05, 0) is 0 Å². The van der Waals surface area contributed by atoms with Crippen molar-refractivity contribution in [2.75, 3.05) is 0 Å². The van der Waals surface area contributed by atoms with E-state index in [2.05, 4.69) is 25.1 Å². The third-order valence-electron chi connectivity index (χ3n) is 2.86. The summed E-state index contributed by atoms with van der Waals surface area (Å²) in [5, 5.41) is 0. The van der Waals surface area contributed by atoms with Gasteiger partial charge < -0.3 is 12.4 Å². The molecule has 0 aliphatic carbocycles. The smallest absolute Gasteiger partial charge is 1.00 e. The second-order valence-corrected chi connectivity index (χ2v) is 4.28. The number of halogens is 1. The molecule has 92 valence electrons. The van der Waals surface area contributed by atoms with Crippen molar-refractivity contribution < 1.29 is 31.9 Å². The summed E-state index contributed by atoms with van der Waals surface area (Å²) in [5.41, 5.74) is 1.46. The van der Waals surface area contributed by atoms with E-state index in [1.807, 2.05) is 12.1 Å². The second kappa shape index (κ2) is 14.2. The minimum atomic E-state index is 0. The quantitative estimate of drug-likeness (QED) is 0.390. The van der Waals surface area contributed by atoms with Gasteiger partial charge in [-0.2, -0.15) is 35.9 Å². The van der Waals surface area contributed by atoms with Crippen LogP contribution in [0.2, 0.25) is 0 Å². The number of benzene rings is 1. The van der Waals surface area contributed by atoms with Gasteiger partial charge in [-0.3, -0.25) is 0 Å². The summed E-state index contributed by atoms with van der Waals surface area (Å²) in [7, 11) is 0. The van der Waals surface area contributed by atoms with Gasteiger partial charge in [-0.25, -0.2) is 0 Å². The number of hydrogen-bond acceptors (Lipinski definition) is 0. The topological polar surface area (TPSA) is 0 Å². The zero-order chi connectivity index (χ0) is 10.8. The maximum atomic E-state index is 3.06. The van der Waals surface area contributed by atoms with E-state index in [1.165, 1.54) is 56.9 Å². The van der Waals surface area contributed by atoms with E-state index in [0.717, 1.165) is 0 Å². The summed E-state index contributed by atoms with van der Waals surface area (Å²) in [4.78, 5) is 0. The van der Waals surface area contributed by atoms with Gasteiger partial charge in [0.1, 0.15) is 0 Å². The first-order valence-electron chi connectivity index (χ1n) is 6.38. The molecule has 0 fully saturated rings. The molecule has 0 bridgehead atoms. The largest absolute Gasteiger partial charge is 2.00 e. The van der Waals surface area contributed by atoms with Crippen LogP contribution in [0.25, 0.3) is 0 Å². The molecule has 0 nitrogen and oxygen atoms in total. The fourth-order valence-corrected chi connectivity index (χ4v) is 1.87. The molecule has 0 saturated heterocycles. The summed E-state index contributed by atoms with van der Waals surface area (Å²) < 4.78 is 0. The van der Waals surface area contributed by atoms with E-state index in [-0.39, 0.29) is 31.9 Å². The molecule has 17 heavy (non-hydrogen) atoms. The van der Waals surface area contributed by atoms with Gasteiger partial charge in [0, 0.05) is 0 Å². The average Bonchev–Trinajstić information content (AvgIpc) is 2.29. The molecule has 0 N–H and O–H groups in total. The van der Waals surface area contributed by atoms with Gasteiger partial charge in [-0.1, -0.05) is 58.3 Å². The first-order valence-corrected chi connectivity index (χ1v) is 6.38. The maximum Gasteiger partial charge on any atom is 2.00 e. The summed E-state index contributed by atoms with van der Waals surface area (Å²) in [6.45, 7) is 2.27. The Labute approximate surface area is 126 Å². The summed E-state index contributed by atoms with van der Waals surface area (Å²) in [5.74, 6) is 0. The number of rotatable bonds is 8. The Morgan fingerprint density at radius 2 is 1.41 bits per heavy atom. The monoisotopic (exact) mass is 302 g/mol. The van der Waals surface area contributed by atoms with Crippen molar-refractivity contribution in [2.24, 2.45) is 0 Å². The van der Waals surface area contributed by atoms with E-state index in [9.17, 15) is 0 Å². The van der Waals surface area contributed by atoms with Crippen molar-refractivity contribution in [2.45, 2.75) is 58.3 Å². The standard InChI is InChI=1S/C15H23.ClH.Zn/c1-2-3-4-5-6-7-9-12-15-13-10-8-11-14-15;;/h10-11,13-14H,2-7,9,12H2,1H3;1H;/q-1;;+2/p-1. The Morgan fingerprint density at radius 3 is 2.00 bits per heavy atom. The van der Waals surface area contributed by atoms with Gasteiger partial charge in [0.25, 0.3) is 0 Å². The van der Waals surface area contributed by atoms with Gasteiger partial charge in [-0.15, -0.1) is 0 Å². The minimum absolute atomic E-state index is 0. The molecule has 0 unspecified atom stereocenters. The molecule has 0 aromatic heterocycles. The molecule has 0 saturated carbocycles. The van der Waals surface area contributed by atoms with E-state index in [0.29, 0.717) is 0 Å². The number of aryl methyl sites for hydroxylation is 1. The maximum absolute atomic E-state index is 3.06. The fraction of sp³-hybridized carbons (Fsp3) is 0.600.